The Labute approximate surface area is 133 Å². The number of nitrogens with zero attached hydrogens (tertiary/aromatic N) is 1. The molecule has 2 N–H and O–H groups in total. The van der Waals surface area contributed by atoms with Crippen molar-refractivity contribution in [2.24, 2.45) is 0 Å². The average molecular weight is 310 g/mol. The van der Waals surface area contributed by atoms with Crippen molar-refractivity contribution in [3.05, 3.63) is 58.6 Å². The van der Waals surface area contributed by atoms with Crippen LogP contribution < -0.4 is 10.6 Å². The summed E-state index contributed by atoms with van der Waals surface area (Å²) in [6, 6.07) is 13.9. The zero-order chi connectivity index (χ0) is 15.9. The topological polar surface area (TPSA) is 64.9 Å². The minimum atomic E-state index is -0.230. The number of carbonyl (C=O) groups excluding carboxylic acids is 1. The van der Waals surface area contributed by atoms with Gasteiger partial charge < -0.3 is 10.6 Å². The lowest BCUT2D eigenvalue weighted by atomic mass is 10.2. The van der Waals surface area contributed by atoms with Gasteiger partial charge in [-0.2, -0.15) is 5.26 Å². The summed E-state index contributed by atoms with van der Waals surface area (Å²) in [4.78, 5) is 11.9. The monoisotopic (exact) mass is 309 g/mol. The van der Waals surface area contributed by atoms with Crippen LogP contribution in [0.25, 0.3) is 0 Å². The summed E-state index contributed by atoms with van der Waals surface area (Å²) in [6.07, 6.45) is 5.32. The van der Waals surface area contributed by atoms with Gasteiger partial charge in [-0.25, -0.2) is 0 Å². The van der Waals surface area contributed by atoms with Gasteiger partial charge in [0, 0.05) is 16.9 Å². The molecule has 0 aliphatic rings. The van der Waals surface area contributed by atoms with Gasteiger partial charge in [-0.05, 0) is 36.4 Å². The summed E-state index contributed by atoms with van der Waals surface area (Å²) < 4.78 is 0. The first-order valence-corrected chi connectivity index (χ1v) is 6.80. The summed E-state index contributed by atoms with van der Waals surface area (Å²) >= 11 is 5.91. The third kappa shape index (κ3) is 4.02. The molecule has 2 aromatic rings. The van der Waals surface area contributed by atoms with Gasteiger partial charge in [0.2, 0.25) is 5.91 Å². The smallest absolute Gasteiger partial charge is 0.243 e. The fourth-order valence-corrected chi connectivity index (χ4v) is 2.01. The van der Waals surface area contributed by atoms with Crippen LogP contribution in [0.1, 0.15) is 11.1 Å². The molecule has 0 heterocycles. The quantitative estimate of drug-likeness (QED) is 0.852. The summed E-state index contributed by atoms with van der Waals surface area (Å²) in [7, 11) is 0. The van der Waals surface area contributed by atoms with Gasteiger partial charge in [0.25, 0.3) is 0 Å². The van der Waals surface area contributed by atoms with Gasteiger partial charge in [0.05, 0.1) is 17.1 Å². The molecule has 0 radical (unpaired) electrons. The van der Waals surface area contributed by atoms with Crippen molar-refractivity contribution >= 4 is 28.9 Å². The fourth-order valence-electron chi connectivity index (χ4n) is 1.79. The van der Waals surface area contributed by atoms with E-state index in [2.05, 4.69) is 16.6 Å². The summed E-state index contributed by atoms with van der Waals surface area (Å²) in [5.74, 6) is 2.30. The molecule has 0 aromatic heterocycles. The van der Waals surface area contributed by atoms with E-state index in [1.807, 2.05) is 24.3 Å². The van der Waals surface area contributed by atoms with Crippen molar-refractivity contribution in [1.82, 2.24) is 0 Å². The van der Waals surface area contributed by atoms with Crippen molar-refractivity contribution in [1.29, 1.82) is 5.26 Å². The first kappa shape index (κ1) is 15.4. The van der Waals surface area contributed by atoms with E-state index in [1.54, 1.807) is 18.2 Å². The lowest BCUT2D eigenvalue weighted by Gasteiger charge is -2.08. The highest BCUT2D eigenvalue weighted by Gasteiger charge is 2.05. The molecule has 0 unspecified atom stereocenters. The van der Waals surface area contributed by atoms with Crippen LogP contribution in [0.4, 0.5) is 11.4 Å². The SMILES string of the molecule is C#Cc1cccc(NCC(=O)Nc2ccc(C#N)c(Cl)c2)c1. The third-order valence-electron chi connectivity index (χ3n) is 2.86. The lowest BCUT2D eigenvalue weighted by Crippen LogP contribution is -2.21. The third-order valence-corrected chi connectivity index (χ3v) is 3.17. The number of hydrogen-bond donors (Lipinski definition) is 2. The molecular formula is C17H12ClN3O. The van der Waals surface area contributed by atoms with E-state index in [0.29, 0.717) is 16.3 Å². The van der Waals surface area contributed by atoms with Crippen LogP contribution in [0.2, 0.25) is 5.02 Å². The molecule has 0 saturated heterocycles. The maximum atomic E-state index is 11.9. The predicted octanol–water partition coefficient (Wildman–Crippen LogP) is 3.24. The Hall–Kier alpha value is -2.95. The van der Waals surface area contributed by atoms with Crippen LogP contribution in [0.15, 0.2) is 42.5 Å². The molecule has 108 valence electrons. The van der Waals surface area contributed by atoms with E-state index < -0.39 is 0 Å². The van der Waals surface area contributed by atoms with Crippen LogP contribution in [0.3, 0.4) is 0 Å². The molecule has 0 saturated carbocycles. The fraction of sp³-hybridized carbons (Fsp3) is 0.0588. The molecule has 0 aliphatic carbocycles. The number of benzene rings is 2. The van der Waals surface area contributed by atoms with E-state index in [4.69, 9.17) is 23.3 Å². The Balaban J connectivity index is 1.94. The molecule has 0 atom stereocenters. The maximum absolute atomic E-state index is 11.9. The molecule has 4 nitrogen and oxygen atoms in total. The number of rotatable bonds is 4. The molecule has 0 aliphatic heterocycles. The summed E-state index contributed by atoms with van der Waals surface area (Å²) in [5.41, 5.74) is 2.41. The second-order valence-corrected chi connectivity index (χ2v) is 4.84. The van der Waals surface area contributed by atoms with Gasteiger partial charge >= 0.3 is 0 Å². The molecule has 22 heavy (non-hydrogen) atoms. The summed E-state index contributed by atoms with van der Waals surface area (Å²) in [5, 5.41) is 14.8. The first-order chi connectivity index (χ1) is 10.6. The number of carbonyl (C=O) groups is 1. The highest BCUT2D eigenvalue weighted by molar-refractivity contribution is 6.32. The highest BCUT2D eigenvalue weighted by Crippen LogP contribution is 2.20. The molecular weight excluding hydrogens is 298 g/mol. The largest absolute Gasteiger partial charge is 0.376 e. The second kappa shape index (κ2) is 7.17. The van der Waals surface area contributed by atoms with Crippen molar-refractivity contribution < 1.29 is 4.79 Å². The van der Waals surface area contributed by atoms with Crippen LogP contribution in [0, 0.1) is 23.7 Å². The van der Waals surface area contributed by atoms with Crippen molar-refractivity contribution in [2.45, 2.75) is 0 Å². The Morgan fingerprint density at radius 1 is 1.23 bits per heavy atom. The molecule has 0 spiro atoms. The Kier molecular flexibility index (Phi) is 5.03. The van der Waals surface area contributed by atoms with Crippen LogP contribution >= 0.6 is 11.6 Å². The number of nitriles is 1. The molecule has 2 aromatic carbocycles. The highest BCUT2D eigenvalue weighted by atomic mass is 35.5. The molecule has 0 fully saturated rings. The van der Waals surface area contributed by atoms with Gasteiger partial charge in [-0.15, -0.1) is 6.42 Å². The maximum Gasteiger partial charge on any atom is 0.243 e. The van der Waals surface area contributed by atoms with Crippen LogP contribution in [0.5, 0.6) is 0 Å². The van der Waals surface area contributed by atoms with Gasteiger partial charge in [0.15, 0.2) is 0 Å². The van der Waals surface area contributed by atoms with Gasteiger partial charge in [-0.3, -0.25) is 4.79 Å². The predicted molar refractivity (Wildman–Crippen MR) is 87.7 cm³/mol. The van der Waals surface area contributed by atoms with Crippen LogP contribution in [-0.4, -0.2) is 12.5 Å². The van der Waals surface area contributed by atoms with Crippen LogP contribution in [-0.2, 0) is 4.79 Å². The number of halogens is 1. The second-order valence-electron chi connectivity index (χ2n) is 4.43. The number of terminal acetylenes is 1. The minimum Gasteiger partial charge on any atom is -0.376 e. The number of hydrogen-bond acceptors (Lipinski definition) is 3. The molecule has 0 bridgehead atoms. The Bertz CT molecular complexity index is 787. The van der Waals surface area contributed by atoms with E-state index >= 15 is 0 Å². The molecule has 1 amide bonds. The zero-order valence-electron chi connectivity index (χ0n) is 11.6. The van der Waals surface area contributed by atoms with Crippen molar-refractivity contribution in [3.8, 4) is 18.4 Å². The summed E-state index contributed by atoms with van der Waals surface area (Å²) in [6.45, 7) is 0.0889. The normalized spacial score (nSPS) is 9.41. The zero-order valence-corrected chi connectivity index (χ0v) is 12.3. The van der Waals surface area contributed by atoms with E-state index in [0.717, 1.165) is 11.3 Å². The molecule has 2 rings (SSSR count). The van der Waals surface area contributed by atoms with E-state index in [9.17, 15) is 4.79 Å². The van der Waals surface area contributed by atoms with E-state index in [1.165, 1.54) is 6.07 Å². The lowest BCUT2D eigenvalue weighted by molar-refractivity contribution is -0.114. The van der Waals surface area contributed by atoms with E-state index in [-0.39, 0.29) is 12.5 Å². The average Bonchev–Trinajstić information content (AvgIpc) is 2.53. The number of anilines is 2. The minimum absolute atomic E-state index is 0.0889. The number of amides is 1. The van der Waals surface area contributed by atoms with Gasteiger partial charge in [-0.1, -0.05) is 23.6 Å². The number of nitrogens with one attached hydrogen (secondary N) is 2. The van der Waals surface area contributed by atoms with Gasteiger partial charge in [0.1, 0.15) is 6.07 Å². The standard InChI is InChI=1S/C17H12ClN3O/c1-2-12-4-3-5-14(8-12)20-11-17(22)21-15-7-6-13(10-19)16(18)9-15/h1,3-9,20H,11H2,(H,21,22). The first-order valence-electron chi connectivity index (χ1n) is 6.42. The Morgan fingerprint density at radius 3 is 2.73 bits per heavy atom. The van der Waals surface area contributed by atoms with Crippen molar-refractivity contribution in [3.63, 3.8) is 0 Å². The Morgan fingerprint density at radius 2 is 2.05 bits per heavy atom. The van der Waals surface area contributed by atoms with Crippen molar-refractivity contribution in [2.75, 3.05) is 17.2 Å². The molecule has 5 heteroatoms.